The summed E-state index contributed by atoms with van der Waals surface area (Å²) in [6, 6.07) is -1.66. The van der Waals surface area contributed by atoms with Crippen LogP contribution in [0.1, 0.15) is 6.92 Å². The Morgan fingerprint density at radius 1 is 1.61 bits per heavy atom. The second-order valence-electron chi connectivity index (χ2n) is 3.60. The van der Waals surface area contributed by atoms with Gasteiger partial charge in [-0.1, -0.05) is 11.6 Å². The van der Waals surface area contributed by atoms with Crippen LogP contribution in [0.2, 0.25) is 5.15 Å². The van der Waals surface area contributed by atoms with Crippen molar-refractivity contribution in [1.29, 1.82) is 0 Å². The van der Waals surface area contributed by atoms with Crippen molar-refractivity contribution in [3.63, 3.8) is 0 Å². The quantitative estimate of drug-likeness (QED) is 0.653. The van der Waals surface area contributed by atoms with E-state index in [9.17, 15) is 18.3 Å². The number of sulfonamides is 1. The molecule has 0 fully saturated rings. The summed E-state index contributed by atoms with van der Waals surface area (Å²) in [6.07, 6.45) is -0.276. The van der Waals surface area contributed by atoms with Gasteiger partial charge in [-0.05, 0) is 6.92 Å². The number of hydrogen-bond acceptors (Lipinski definition) is 5. The SMILES string of the molecule is C[C@H](O)[C@@H](NS(=O)(=O)c1ncc(Cl)n1C)C(=O)O. The molecule has 0 aliphatic rings. The molecule has 3 N–H and O–H groups in total. The first-order valence-electron chi connectivity index (χ1n) is 4.77. The van der Waals surface area contributed by atoms with Crippen molar-refractivity contribution < 1.29 is 23.4 Å². The zero-order valence-corrected chi connectivity index (χ0v) is 11.1. The summed E-state index contributed by atoms with van der Waals surface area (Å²) < 4.78 is 26.6. The maximum atomic E-state index is 11.9. The van der Waals surface area contributed by atoms with E-state index >= 15 is 0 Å². The summed E-state index contributed by atoms with van der Waals surface area (Å²) >= 11 is 5.64. The minimum atomic E-state index is -4.18. The van der Waals surface area contributed by atoms with Gasteiger partial charge in [-0.15, -0.1) is 0 Å². The lowest BCUT2D eigenvalue weighted by molar-refractivity contribution is -0.141. The normalized spacial score (nSPS) is 15.3. The maximum Gasteiger partial charge on any atom is 0.324 e. The molecular weight excluding hydrogens is 286 g/mol. The van der Waals surface area contributed by atoms with Crippen LogP contribution in [0.5, 0.6) is 0 Å². The molecule has 0 amide bonds. The van der Waals surface area contributed by atoms with Gasteiger partial charge in [0.25, 0.3) is 10.0 Å². The van der Waals surface area contributed by atoms with Crippen molar-refractivity contribution in [2.75, 3.05) is 0 Å². The number of aliphatic carboxylic acids is 1. The maximum absolute atomic E-state index is 11.9. The molecule has 0 unspecified atom stereocenters. The summed E-state index contributed by atoms with van der Waals surface area (Å²) in [5.74, 6) is -1.49. The fourth-order valence-electron chi connectivity index (χ4n) is 1.20. The Kier molecular flexibility index (Phi) is 4.32. The van der Waals surface area contributed by atoms with Crippen LogP contribution in [0.25, 0.3) is 0 Å². The van der Waals surface area contributed by atoms with Crippen LogP contribution in [-0.2, 0) is 21.9 Å². The van der Waals surface area contributed by atoms with Crippen molar-refractivity contribution in [1.82, 2.24) is 14.3 Å². The molecule has 0 aliphatic heterocycles. The predicted molar refractivity (Wildman–Crippen MR) is 61.6 cm³/mol. The van der Waals surface area contributed by atoms with E-state index in [-0.39, 0.29) is 5.15 Å². The zero-order valence-electron chi connectivity index (χ0n) is 9.53. The van der Waals surface area contributed by atoms with Gasteiger partial charge in [-0.2, -0.15) is 4.72 Å². The van der Waals surface area contributed by atoms with Crippen molar-refractivity contribution in [3.8, 4) is 0 Å². The molecule has 0 bridgehead atoms. The van der Waals surface area contributed by atoms with Crippen LogP contribution in [0, 0.1) is 0 Å². The first kappa shape index (κ1) is 14.9. The lowest BCUT2D eigenvalue weighted by Gasteiger charge is -2.16. The van der Waals surface area contributed by atoms with E-state index in [0.717, 1.165) is 17.7 Å². The average Bonchev–Trinajstić information content (AvgIpc) is 2.56. The van der Waals surface area contributed by atoms with E-state index in [0.29, 0.717) is 0 Å². The van der Waals surface area contributed by atoms with Crippen LogP contribution >= 0.6 is 11.6 Å². The minimum absolute atomic E-state index is 0.0827. The summed E-state index contributed by atoms with van der Waals surface area (Å²) in [6.45, 7) is 1.16. The number of carboxylic acids is 1. The van der Waals surface area contributed by atoms with Crippen LogP contribution < -0.4 is 4.72 Å². The molecule has 0 aromatic carbocycles. The molecule has 1 aromatic rings. The molecule has 10 heteroatoms. The van der Waals surface area contributed by atoms with Gasteiger partial charge in [0.15, 0.2) is 0 Å². The number of carbonyl (C=O) groups is 1. The highest BCUT2D eigenvalue weighted by atomic mass is 35.5. The van der Waals surface area contributed by atoms with E-state index in [4.69, 9.17) is 16.7 Å². The Labute approximate surface area is 108 Å². The van der Waals surface area contributed by atoms with Crippen molar-refractivity contribution in [2.45, 2.75) is 24.2 Å². The molecule has 1 aromatic heterocycles. The van der Waals surface area contributed by atoms with Crippen molar-refractivity contribution in [3.05, 3.63) is 11.3 Å². The first-order chi connectivity index (χ1) is 8.16. The number of nitrogens with zero attached hydrogens (tertiary/aromatic N) is 2. The second kappa shape index (κ2) is 5.22. The Hall–Kier alpha value is -1.16. The van der Waals surface area contributed by atoms with Crippen LogP contribution in [0.4, 0.5) is 0 Å². The van der Waals surface area contributed by atoms with Gasteiger partial charge < -0.3 is 14.8 Å². The Bertz CT molecular complexity index is 553. The number of nitrogens with one attached hydrogen (secondary N) is 1. The lowest BCUT2D eigenvalue weighted by atomic mass is 10.2. The standard InChI is InChI=1S/C8H12ClN3O5S/c1-4(13)6(7(14)15)11-18(16,17)8-10-3-5(9)12(8)2/h3-4,6,11,13H,1-2H3,(H,14,15)/t4-,6+/m0/s1. The highest BCUT2D eigenvalue weighted by Gasteiger charge is 2.31. The number of rotatable bonds is 5. The first-order valence-corrected chi connectivity index (χ1v) is 6.63. The van der Waals surface area contributed by atoms with E-state index in [1.165, 1.54) is 7.05 Å². The van der Waals surface area contributed by atoms with Crippen molar-refractivity contribution in [2.24, 2.45) is 7.05 Å². The summed E-state index contributed by atoms with van der Waals surface area (Å²) in [5.41, 5.74) is 0. The Morgan fingerprint density at radius 2 is 2.17 bits per heavy atom. The molecule has 0 saturated carbocycles. The van der Waals surface area contributed by atoms with Gasteiger partial charge >= 0.3 is 5.97 Å². The van der Waals surface area contributed by atoms with Crippen LogP contribution in [0.15, 0.2) is 11.4 Å². The second-order valence-corrected chi connectivity index (χ2v) is 5.60. The number of aliphatic hydroxyl groups excluding tert-OH is 1. The van der Waals surface area contributed by atoms with E-state index in [2.05, 4.69) is 4.98 Å². The van der Waals surface area contributed by atoms with E-state index in [1.807, 2.05) is 4.72 Å². The average molecular weight is 298 g/mol. The smallest absolute Gasteiger partial charge is 0.324 e. The van der Waals surface area contributed by atoms with Gasteiger partial charge in [-0.25, -0.2) is 13.4 Å². The highest BCUT2D eigenvalue weighted by molar-refractivity contribution is 7.89. The molecule has 102 valence electrons. The van der Waals surface area contributed by atoms with Gasteiger partial charge in [0.2, 0.25) is 5.16 Å². The van der Waals surface area contributed by atoms with Gasteiger partial charge in [0, 0.05) is 7.05 Å². The monoisotopic (exact) mass is 297 g/mol. The molecule has 0 saturated heterocycles. The number of hydrogen-bond donors (Lipinski definition) is 3. The third kappa shape index (κ3) is 2.99. The summed E-state index contributed by atoms with van der Waals surface area (Å²) in [5, 5.41) is 17.6. The zero-order chi connectivity index (χ0) is 14.1. The molecular formula is C8H12ClN3O5S. The van der Waals surface area contributed by atoms with Crippen LogP contribution in [-0.4, -0.2) is 46.3 Å². The third-order valence-electron chi connectivity index (χ3n) is 2.16. The Morgan fingerprint density at radius 3 is 2.50 bits per heavy atom. The number of carboxylic acid groups (broad SMARTS) is 1. The third-order valence-corrected chi connectivity index (χ3v) is 3.94. The van der Waals surface area contributed by atoms with E-state index in [1.54, 1.807) is 0 Å². The number of aromatic nitrogens is 2. The predicted octanol–water partition coefficient (Wildman–Crippen LogP) is -0.814. The van der Waals surface area contributed by atoms with Gasteiger partial charge in [-0.3, -0.25) is 4.79 Å². The highest BCUT2D eigenvalue weighted by Crippen LogP contribution is 2.14. The minimum Gasteiger partial charge on any atom is -0.480 e. The molecule has 0 aliphatic carbocycles. The molecule has 1 rings (SSSR count). The van der Waals surface area contributed by atoms with E-state index < -0.39 is 33.3 Å². The fourth-order valence-corrected chi connectivity index (χ4v) is 2.76. The lowest BCUT2D eigenvalue weighted by Crippen LogP contribution is -2.48. The molecule has 2 atom stereocenters. The molecule has 0 spiro atoms. The largest absolute Gasteiger partial charge is 0.480 e. The fraction of sp³-hybridized carbons (Fsp3) is 0.500. The number of halogens is 1. The number of aliphatic hydroxyl groups is 1. The number of imidazole rings is 1. The van der Waals surface area contributed by atoms with Gasteiger partial charge in [0.1, 0.15) is 11.2 Å². The van der Waals surface area contributed by atoms with Crippen LogP contribution in [0.3, 0.4) is 0 Å². The Balaban J connectivity index is 3.09. The topological polar surface area (TPSA) is 122 Å². The molecule has 1 heterocycles. The molecule has 18 heavy (non-hydrogen) atoms. The molecule has 8 nitrogen and oxygen atoms in total. The summed E-state index contributed by atoms with van der Waals surface area (Å²) in [7, 11) is -2.82. The molecule has 0 radical (unpaired) electrons. The summed E-state index contributed by atoms with van der Waals surface area (Å²) in [4.78, 5) is 14.4. The van der Waals surface area contributed by atoms with Crippen molar-refractivity contribution >= 4 is 27.6 Å². The van der Waals surface area contributed by atoms with Gasteiger partial charge in [0.05, 0.1) is 12.3 Å².